The Morgan fingerprint density at radius 2 is 1.72 bits per heavy atom. The second-order valence-corrected chi connectivity index (χ2v) is 16.4. The van der Waals surface area contributed by atoms with E-state index in [1.54, 1.807) is 13.2 Å². The number of benzene rings is 2. The minimum Gasteiger partial charge on any atom is -0.497 e. The molecule has 2 aromatic carbocycles. The van der Waals surface area contributed by atoms with E-state index in [1.165, 1.54) is 38.9 Å². The highest BCUT2D eigenvalue weighted by molar-refractivity contribution is 7.87. The molecule has 3 aromatic rings. The molecule has 2 aliphatic carbocycles. The van der Waals surface area contributed by atoms with E-state index in [2.05, 4.69) is 26.3 Å². The van der Waals surface area contributed by atoms with Crippen LogP contribution in [0.5, 0.6) is 5.75 Å². The van der Waals surface area contributed by atoms with Gasteiger partial charge in [0.15, 0.2) is 0 Å². The van der Waals surface area contributed by atoms with Gasteiger partial charge in [-0.05, 0) is 85.9 Å². The van der Waals surface area contributed by atoms with E-state index in [0.717, 1.165) is 76.3 Å². The lowest BCUT2D eigenvalue weighted by Gasteiger charge is -2.47. The number of hydrogen-bond donors (Lipinski definition) is 1. The standard InChI is InChI=1S/C36H44N4O6S/c1-38(2)47(43,44)37-34(41)23-12-14-28-31(16-23)39-21-36(35(42)40-24-10-7-11-25(40)20-46-19-24)18-30(36)29-17-26(45-3)13-15-27(29)33(39)32(28)22-8-5-4-6-9-22/h12-17,22,24-25,30H,4-11,18-21H2,1-3H3,(H,37,41). The number of fused-ring (bicyclic) bond motifs is 9. The van der Waals surface area contributed by atoms with Crippen molar-refractivity contribution in [1.82, 2.24) is 18.5 Å². The molecule has 250 valence electrons. The molecule has 47 heavy (non-hydrogen) atoms. The Labute approximate surface area is 276 Å². The van der Waals surface area contributed by atoms with Crippen LogP contribution in [0.15, 0.2) is 36.4 Å². The van der Waals surface area contributed by atoms with E-state index in [1.807, 2.05) is 18.2 Å². The van der Waals surface area contributed by atoms with Gasteiger partial charge in [-0.15, -0.1) is 0 Å². The van der Waals surface area contributed by atoms with Crippen LogP contribution in [0.1, 0.15) is 91.1 Å². The normalized spacial score (nSPS) is 27.1. The zero-order chi connectivity index (χ0) is 32.7. The topological polar surface area (TPSA) is 110 Å². The molecule has 2 saturated carbocycles. The summed E-state index contributed by atoms with van der Waals surface area (Å²) >= 11 is 0. The smallest absolute Gasteiger partial charge is 0.303 e. The number of amides is 2. The summed E-state index contributed by atoms with van der Waals surface area (Å²) in [7, 11) is 0.495. The first kappa shape index (κ1) is 30.9. The summed E-state index contributed by atoms with van der Waals surface area (Å²) in [5.74, 6) is 0.727. The Balaban J connectivity index is 1.33. The summed E-state index contributed by atoms with van der Waals surface area (Å²) in [4.78, 5) is 30.5. The van der Waals surface area contributed by atoms with Crippen LogP contribution in [0.25, 0.3) is 22.2 Å². The lowest BCUT2D eigenvalue weighted by atomic mass is 9.81. The van der Waals surface area contributed by atoms with Crippen LogP contribution in [0.3, 0.4) is 0 Å². The first-order valence-corrected chi connectivity index (χ1v) is 18.6. The maximum Gasteiger partial charge on any atom is 0.303 e. The molecule has 2 amide bonds. The van der Waals surface area contributed by atoms with E-state index >= 15 is 0 Å². The van der Waals surface area contributed by atoms with Gasteiger partial charge in [0.1, 0.15) is 5.75 Å². The fourth-order valence-electron chi connectivity index (χ4n) is 9.11. The SMILES string of the molecule is COc1ccc2c(c1)C1CC1(C(=O)N1C3CCCC1COC3)Cn1c-2c(C2CCCCC2)c2ccc(C(=O)NS(=O)(=O)N(C)C)cc21. The van der Waals surface area contributed by atoms with Gasteiger partial charge in [0.2, 0.25) is 5.91 Å². The van der Waals surface area contributed by atoms with Crippen LogP contribution in [0.2, 0.25) is 0 Å². The minimum absolute atomic E-state index is 0.0505. The van der Waals surface area contributed by atoms with Gasteiger partial charge < -0.3 is 18.9 Å². The Morgan fingerprint density at radius 1 is 0.979 bits per heavy atom. The van der Waals surface area contributed by atoms with Crippen LogP contribution < -0.4 is 9.46 Å². The van der Waals surface area contributed by atoms with Gasteiger partial charge in [-0.3, -0.25) is 9.59 Å². The molecule has 10 nitrogen and oxygen atoms in total. The third kappa shape index (κ3) is 4.91. The van der Waals surface area contributed by atoms with Crippen LogP contribution in [0, 0.1) is 5.41 Å². The predicted octanol–water partition coefficient (Wildman–Crippen LogP) is 5.17. The summed E-state index contributed by atoms with van der Waals surface area (Å²) < 4.78 is 42.3. The number of carbonyl (C=O) groups excluding carboxylic acids is 2. The zero-order valence-corrected chi connectivity index (χ0v) is 28.3. The first-order valence-electron chi connectivity index (χ1n) is 17.1. The van der Waals surface area contributed by atoms with E-state index < -0.39 is 21.5 Å². The van der Waals surface area contributed by atoms with Crippen molar-refractivity contribution in [3.8, 4) is 17.0 Å². The van der Waals surface area contributed by atoms with E-state index in [0.29, 0.717) is 25.7 Å². The molecule has 0 radical (unpaired) electrons. The Morgan fingerprint density at radius 3 is 2.43 bits per heavy atom. The van der Waals surface area contributed by atoms with Crippen LogP contribution in [-0.2, 0) is 26.3 Å². The minimum atomic E-state index is -3.97. The molecule has 8 rings (SSSR count). The Kier molecular flexibility index (Phi) is 7.46. The summed E-state index contributed by atoms with van der Waals surface area (Å²) in [6.45, 7) is 1.68. The summed E-state index contributed by atoms with van der Waals surface area (Å²) in [6.07, 6.45) is 9.53. The molecule has 11 heteroatoms. The van der Waals surface area contributed by atoms with Gasteiger partial charge in [0.05, 0.1) is 43.5 Å². The quantitative estimate of drug-likeness (QED) is 0.391. The average molecular weight is 661 g/mol. The number of hydrogen-bond acceptors (Lipinski definition) is 6. The molecule has 2 saturated heterocycles. The number of nitrogens with one attached hydrogen (secondary N) is 1. The third-order valence-electron chi connectivity index (χ3n) is 11.6. The molecule has 4 unspecified atom stereocenters. The number of rotatable bonds is 6. The van der Waals surface area contributed by atoms with Crippen molar-refractivity contribution in [3.63, 3.8) is 0 Å². The fraction of sp³-hybridized carbons (Fsp3) is 0.556. The van der Waals surface area contributed by atoms with Crippen LogP contribution in [0.4, 0.5) is 0 Å². The lowest BCUT2D eigenvalue weighted by molar-refractivity contribution is -0.157. The Bertz CT molecular complexity index is 1860. The largest absolute Gasteiger partial charge is 0.497 e. The Hall–Kier alpha value is -3.41. The van der Waals surface area contributed by atoms with Crippen molar-refractivity contribution in [3.05, 3.63) is 53.1 Å². The number of ether oxygens (including phenoxy) is 2. The van der Waals surface area contributed by atoms with Gasteiger partial charge in [0.25, 0.3) is 5.91 Å². The highest BCUT2D eigenvalue weighted by atomic mass is 32.2. The summed E-state index contributed by atoms with van der Waals surface area (Å²) in [5.41, 5.74) is 5.22. The molecule has 5 aliphatic rings. The van der Waals surface area contributed by atoms with Crippen molar-refractivity contribution in [2.75, 3.05) is 34.4 Å². The number of nitrogens with zero attached hydrogens (tertiary/aromatic N) is 3. The van der Waals surface area contributed by atoms with Crippen molar-refractivity contribution in [1.29, 1.82) is 0 Å². The number of methoxy groups -OCH3 is 1. The number of aromatic nitrogens is 1. The van der Waals surface area contributed by atoms with E-state index in [4.69, 9.17) is 9.47 Å². The molecule has 1 N–H and O–H groups in total. The zero-order valence-electron chi connectivity index (χ0n) is 27.5. The summed E-state index contributed by atoms with van der Waals surface area (Å²) in [5, 5.41) is 1.07. The molecule has 4 atom stereocenters. The molecule has 1 aromatic heterocycles. The molecule has 0 spiro atoms. The predicted molar refractivity (Wildman–Crippen MR) is 179 cm³/mol. The van der Waals surface area contributed by atoms with Gasteiger partial charge in [0, 0.05) is 48.6 Å². The van der Waals surface area contributed by atoms with E-state index in [-0.39, 0.29) is 29.5 Å². The monoisotopic (exact) mass is 660 g/mol. The average Bonchev–Trinajstić information content (AvgIpc) is 3.73. The highest BCUT2D eigenvalue weighted by Crippen LogP contribution is 2.66. The van der Waals surface area contributed by atoms with Crippen molar-refractivity contribution >= 4 is 32.9 Å². The van der Waals surface area contributed by atoms with Crippen molar-refractivity contribution in [2.45, 2.75) is 88.3 Å². The van der Waals surface area contributed by atoms with Crippen molar-refractivity contribution in [2.24, 2.45) is 5.41 Å². The maximum atomic E-state index is 15.0. The lowest BCUT2D eigenvalue weighted by Crippen LogP contribution is -2.59. The molecule has 4 heterocycles. The van der Waals surface area contributed by atoms with E-state index in [9.17, 15) is 18.0 Å². The van der Waals surface area contributed by atoms with Crippen LogP contribution in [-0.4, -0.2) is 80.5 Å². The maximum absolute atomic E-state index is 15.0. The number of morpholine rings is 1. The van der Waals surface area contributed by atoms with Gasteiger partial charge in [-0.1, -0.05) is 25.3 Å². The molecule has 3 aliphatic heterocycles. The first-order chi connectivity index (χ1) is 22.6. The van der Waals surface area contributed by atoms with Crippen molar-refractivity contribution < 1.29 is 27.5 Å². The fourth-order valence-corrected chi connectivity index (χ4v) is 9.65. The second-order valence-electron chi connectivity index (χ2n) is 14.5. The summed E-state index contributed by atoms with van der Waals surface area (Å²) in [6, 6.07) is 12.1. The molecule has 4 fully saturated rings. The van der Waals surface area contributed by atoms with Crippen LogP contribution >= 0.6 is 0 Å². The second kappa shape index (κ2) is 11.3. The molecular weight excluding hydrogens is 616 g/mol. The third-order valence-corrected chi connectivity index (χ3v) is 13.0. The number of piperidine rings is 1. The molecule has 2 bridgehead atoms. The highest BCUT2D eigenvalue weighted by Gasteiger charge is 2.65. The number of carbonyl (C=O) groups is 2. The molecular formula is C36H44N4O6S. The van der Waals surface area contributed by atoms with Gasteiger partial charge in [-0.25, -0.2) is 4.72 Å². The van der Waals surface area contributed by atoms with Gasteiger partial charge >= 0.3 is 10.2 Å². The van der Waals surface area contributed by atoms with Gasteiger partial charge in [-0.2, -0.15) is 12.7 Å².